The van der Waals surface area contributed by atoms with E-state index < -0.39 is 5.97 Å². The summed E-state index contributed by atoms with van der Waals surface area (Å²) in [5, 5.41) is 10.6. The van der Waals surface area contributed by atoms with E-state index in [2.05, 4.69) is 15.9 Å². The van der Waals surface area contributed by atoms with E-state index in [0.29, 0.717) is 18.1 Å². The van der Waals surface area contributed by atoms with Crippen LogP contribution in [0.1, 0.15) is 10.4 Å². The lowest BCUT2D eigenvalue weighted by Gasteiger charge is -2.10. The molecule has 1 aromatic heterocycles. The van der Waals surface area contributed by atoms with Crippen molar-refractivity contribution in [1.29, 1.82) is 0 Å². The highest BCUT2D eigenvalue weighted by Crippen LogP contribution is 2.30. The van der Waals surface area contributed by atoms with Crippen molar-refractivity contribution in [1.82, 2.24) is 0 Å². The smallest absolute Gasteiger partial charge is 0.328 e. The molecular weight excluding hydrogens is 356 g/mol. The first-order valence-corrected chi connectivity index (χ1v) is 7.70. The fourth-order valence-corrected chi connectivity index (χ4v) is 3.02. The van der Waals surface area contributed by atoms with Crippen molar-refractivity contribution in [3.63, 3.8) is 0 Å². The standard InChI is InChI=1S/C15H13BrO4S/c1-19-13-4-2-10(3-5-15(17)18)6-14(13)20-8-12-7-11(16)9-21-12/h2-7,9H,8H2,1H3,(H,17,18). The topological polar surface area (TPSA) is 55.8 Å². The largest absolute Gasteiger partial charge is 0.493 e. The van der Waals surface area contributed by atoms with Crippen LogP contribution < -0.4 is 9.47 Å². The molecule has 1 N–H and O–H groups in total. The molecule has 6 heteroatoms. The van der Waals surface area contributed by atoms with Gasteiger partial charge in [0.2, 0.25) is 0 Å². The highest BCUT2D eigenvalue weighted by molar-refractivity contribution is 9.10. The molecule has 0 fully saturated rings. The fourth-order valence-electron chi connectivity index (χ4n) is 1.66. The molecule has 21 heavy (non-hydrogen) atoms. The Morgan fingerprint density at radius 1 is 1.38 bits per heavy atom. The molecule has 0 radical (unpaired) electrons. The number of thiophene rings is 1. The van der Waals surface area contributed by atoms with Crippen molar-refractivity contribution in [2.75, 3.05) is 7.11 Å². The van der Waals surface area contributed by atoms with Gasteiger partial charge in [-0.25, -0.2) is 4.79 Å². The highest BCUT2D eigenvalue weighted by atomic mass is 79.9. The van der Waals surface area contributed by atoms with Crippen molar-refractivity contribution < 1.29 is 19.4 Å². The van der Waals surface area contributed by atoms with Gasteiger partial charge in [-0.3, -0.25) is 0 Å². The molecule has 0 aliphatic rings. The number of rotatable bonds is 6. The number of aliphatic carboxylic acids is 1. The zero-order valence-corrected chi connectivity index (χ0v) is 13.6. The summed E-state index contributed by atoms with van der Waals surface area (Å²) in [4.78, 5) is 11.6. The van der Waals surface area contributed by atoms with Gasteiger partial charge >= 0.3 is 5.97 Å². The molecule has 1 heterocycles. The van der Waals surface area contributed by atoms with E-state index in [9.17, 15) is 4.79 Å². The van der Waals surface area contributed by atoms with Crippen molar-refractivity contribution in [3.8, 4) is 11.5 Å². The molecule has 0 amide bonds. The van der Waals surface area contributed by atoms with Crippen LogP contribution >= 0.6 is 27.3 Å². The lowest BCUT2D eigenvalue weighted by atomic mass is 10.2. The SMILES string of the molecule is COc1ccc(C=CC(=O)O)cc1OCc1cc(Br)cs1. The van der Waals surface area contributed by atoms with Gasteiger partial charge in [0, 0.05) is 20.8 Å². The van der Waals surface area contributed by atoms with Crippen LogP contribution in [0, 0.1) is 0 Å². The molecule has 0 spiro atoms. The minimum absolute atomic E-state index is 0.429. The minimum atomic E-state index is -0.989. The molecule has 0 saturated heterocycles. The number of hydrogen-bond acceptors (Lipinski definition) is 4. The fraction of sp³-hybridized carbons (Fsp3) is 0.133. The van der Waals surface area contributed by atoms with E-state index >= 15 is 0 Å². The second kappa shape index (κ2) is 7.28. The maximum absolute atomic E-state index is 10.5. The number of carbonyl (C=O) groups is 1. The molecule has 0 unspecified atom stereocenters. The summed E-state index contributed by atoms with van der Waals surface area (Å²) < 4.78 is 12.0. The van der Waals surface area contributed by atoms with Crippen LogP contribution in [0.15, 0.2) is 40.2 Å². The average molecular weight is 369 g/mol. The molecule has 0 bridgehead atoms. The second-order valence-corrected chi connectivity index (χ2v) is 6.01. The maximum Gasteiger partial charge on any atom is 0.328 e. The van der Waals surface area contributed by atoms with Gasteiger partial charge in [-0.1, -0.05) is 6.07 Å². The Bertz CT molecular complexity index is 663. The van der Waals surface area contributed by atoms with E-state index in [1.54, 1.807) is 36.6 Å². The first kappa shape index (κ1) is 15.6. The quantitative estimate of drug-likeness (QED) is 0.776. The van der Waals surface area contributed by atoms with E-state index in [1.165, 1.54) is 6.08 Å². The van der Waals surface area contributed by atoms with Gasteiger partial charge in [0.15, 0.2) is 11.5 Å². The van der Waals surface area contributed by atoms with Crippen molar-refractivity contribution in [2.45, 2.75) is 6.61 Å². The Kier molecular flexibility index (Phi) is 5.41. The van der Waals surface area contributed by atoms with Crippen molar-refractivity contribution in [2.24, 2.45) is 0 Å². The molecule has 2 aromatic rings. The van der Waals surface area contributed by atoms with E-state index in [-0.39, 0.29) is 0 Å². The molecule has 1 aromatic carbocycles. The third-order valence-electron chi connectivity index (χ3n) is 2.60. The Balaban J connectivity index is 2.15. The van der Waals surface area contributed by atoms with E-state index in [0.717, 1.165) is 21.0 Å². The summed E-state index contributed by atoms with van der Waals surface area (Å²) >= 11 is 4.99. The van der Waals surface area contributed by atoms with Crippen LogP contribution in [-0.2, 0) is 11.4 Å². The summed E-state index contributed by atoms with van der Waals surface area (Å²) in [5.74, 6) is 0.199. The predicted molar refractivity (Wildman–Crippen MR) is 86.0 cm³/mol. The summed E-state index contributed by atoms with van der Waals surface area (Å²) in [7, 11) is 1.57. The normalized spacial score (nSPS) is 10.8. The van der Waals surface area contributed by atoms with Crippen molar-refractivity contribution >= 4 is 39.3 Å². The molecule has 4 nitrogen and oxygen atoms in total. The van der Waals surface area contributed by atoms with E-state index in [1.807, 2.05) is 11.4 Å². The molecule has 0 saturated carbocycles. The monoisotopic (exact) mass is 368 g/mol. The average Bonchev–Trinajstić information content (AvgIpc) is 2.88. The predicted octanol–water partition coefficient (Wildman–Crippen LogP) is 4.20. The van der Waals surface area contributed by atoms with Crippen LogP contribution in [0.4, 0.5) is 0 Å². The Labute approximate surface area is 134 Å². The van der Waals surface area contributed by atoms with E-state index in [4.69, 9.17) is 14.6 Å². The number of benzene rings is 1. The number of carboxylic acids is 1. The number of halogens is 1. The van der Waals surface area contributed by atoms with Crippen LogP contribution in [0.3, 0.4) is 0 Å². The Morgan fingerprint density at radius 2 is 2.19 bits per heavy atom. The molecule has 0 atom stereocenters. The summed E-state index contributed by atoms with van der Waals surface area (Å²) in [5.41, 5.74) is 0.737. The van der Waals surface area contributed by atoms with Gasteiger partial charge in [-0.2, -0.15) is 0 Å². The van der Waals surface area contributed by atoms with Gasteiger partial charge in [-0.05, 0) is 45.8 Å². The molecule has 0 aliphatic carbocycles. The van der Waals surface area contributed by atoms with Gasteiger partial charge < -0.3 is 14.6 Å². The first-order valence-electron chi connectivity index (χ1n) is 6.03. The molecule has 110 valence electrons. The number of methoxy groups -OCH3 is 1. The lowest BCUT2D eigenvalue weighted by Crippen LogP contribution is -1.96. The number of hydrogen-bond donors (Lipinski definition) is 1. The second-order valence-electron chi connectivity index (χ2n) is 4.10. The molecular formula is C15H13BrO4S. The lowest BCUT2D eigenvalue weighted by molar-refractivity contribution is -0.131. The van der Waals surface area contributed by atoms with Gasteiger partial charge in [0.05, 0.1) is 7.11 Å². The number of carboxylic acid groups (broad SMARTS) is 1. The summed E-state index contributed by atoms with van der Waals surface area (Å²) in [6, 6.07) is 7.26. The van der Waals surface area contributed by atoms with Crippen LogP contribution in [0.2, 0.25) is 0 Å². The summed E-state index contributed by atoms with van der Waals surface area (Å²) in [6.07, 6.45) is 2.60. The third kappa shape index (κ3) is 4.61. The molecule has 0 aliphatic heterocycles. The highest BCUT2D eigenvalue weighted by Gasteiger charge is 2.06. The summed E-state index contributed by atoms with van der Waals surface area (Å²) in [6.45, 7) is 0.429. The van der Waals surface area contributed by atoms with Gasteiger partial charge in [0.1, 0.15) is 6.61 Å². The Hall–Kier alpha value is -1.79. The number of ether oxygens (including phenoxy) is 2. The maximum atomic E-state index is 10.5. The third-order valence-corrected chi connectivity index (χ3v) is 4.27. The van der Waals surface area contributed by atoms with Gasteiger partial charge in [-0.15, -0.1) is 11.3 Å². The van der Waals surface area contributed by atoms with Crippen LogP contribution in [0.5, 0.6) is 11.5 Å². The zero-order valence-electron chi connectivity index (χ0n) is 11.2. The van der Waals surface area contributed by atoms with Gasteiger partial charge in [0.25, 0.3) is 0 Å². The van der Waals surface area contributed by atoms with Crippen LogP contribution in [0.25, 0.3) is 6.08 Å². The Morgan fingerprint density at radius 3 is 2.81 bits per heavy atom. The van der Waals surface area contributed by atoms with Crippen molar-refractivity contribution in [3.05, 3.63) is 50.6 Å². The first-order chi connectivity index (χ1) is 10.1. The zero-order chi connectivity index (χ0) is 15.2. The minimum Gasteiger partial charge on any atom is -0.493 e. The molecule has 2 rings (SSSR count). The van der Waals surface area contributed by atoms with Crippen LogP contribution in [-0.4, -0.2) is 18.2 Å².